The van der Waals surface area contributed by atoms with Gasteiger partial charge in [0.15, 0.2) is 6.39 Å². The Morgan fingerprint density at radius 3 is 2.38 bits per heavy atom. The summed E-state index contributed by atoms with van der Waals surface area (Å²) in [5.41, 5.74) is 7.40. The molecule has 0 radical (unpaired) electrons. The van der Waals surface area contributed by atoms with Crippen LogP contribution in [0.4, 0.5) is 5.69 Å². The summed E-state index contributed by atoms with van der Waals surface area (Å²) in [6, 6.07) is 16.4. The standard InChI is InChI=1S/C21H22N4O/c1-25(2)15-19-5-3-18(4-6-19)13-23-24-20-10-7-17(8-11-20)9-12-21-14-22-16-26-21/h3-14,16,24H,15H2,1-2H3/b12-9?,23-13-. The molecule has 0 bridgehead atoms. The van der Waals surface area contributed by atoms with Gasteiger partial charge in [-0.05, 0) is 49.0 Å². The molecule has 2 aromatic carbocycles. The number of hydrogen-bond acceptors (Lipinski definition) is 5. The van der Waals surface area contributed by atoms with Crippen molar-refractivity contribution in [2.45, 2.75) is 6.54 Å². The molecule has 0 aliphatic rings. The number of hydrazone groups is 1. The molecule has 0 unspecified atom stereocenters. The topological polar surface area (TPSA) is 53.7 Å². The molecular weight excluding hydrogens is 324 g/mol. The van der Waals surface area contributed by atoms with Gasteiger partial charge in [-0.3, -0.25) is 5.43 Å². The van der Waals surface area contributed by atoms with E-state index in [9.17, 15) is 0 Å². The van der Waals surface area contributed by atoms with Crippen molar-refractivity contribution in [3.63, 3.8) is 0 Å². The number of anilines is 1. The molecule has 132 valence electrons. The molecule has 5 nitrogen and oxygen atoms in total. The fraction of sp³-hybridized carbons (Fsp3) is 0.143. The minimum absolute atomic E-state index is 0.730. The molecule has 0 aliphatic carbocycles. The van der Waals surface area contributed by atoms with Gasteiger partial charge >= 0.3 is 0 Å². The molecule has 0 saturated heterocycles. The van der Waals surface area contributed by atoms with Crippen LogP contribution >= 0.6 is 0 Å². The quantitative estimate of drug-likeness (QED) is 0.510. The van der Waals surface area contributed by atoms with Crippen LogP contribution in [0, 0.1) is 0 Å². The number of nitrogens with one attached hydrogen (secondary N) is 1. The Morgan fingerprint density at radius 2 is 1.73 bits per heavy atom. The summed E-state index contributed by atoms with van der Waals surface area (Å²) in [5, 5.41) is 4.29. The predicted octanol–water partition coefficient (Wildman–Crippen LogP) is 4.35. The third-order valence-corrected chi connectivity index (χ3v) is 3.69. The fourth-order valence-electron chi connectivity index (χ4n) is 2.41. The molecule has 1 heterocycles. The first-order valence-electron chi connectivity index (χ1n) is 8.38. The van der Waals surface area contributed by atoms with Gasteiger partial charge < -0.3 is 9.32 Å². The van der Waals surface area contributed by atoms with Crippen LogP contribution in [0.2, 0.25) is 0 Å². The Bertz CT molecular complexity index is 848. The highest BCUT2D eigenvalue weighted by Crippen LogP contribution is 2.13. The second-order valence-electron chi connectivity index (χ2n) is 6.21. The molecule has 0 saturated carbocycles. The lowest BCUT2D eigenvalue weighted by Gasteiger charge is -2.09. The van der Waals surface area contributed by atoms with Crippen molar-refractivity contribution in [3.8, 4) is 0 Å². The van der Waals surface area contributed by atoms with E-state index in [0.717, 1.165) is 29.1 Å². The van der Waals surface area contributed by atoms with Gasteiger partial charge in [0.25, 0.3) is 0 Å². The molecular formula is C21H22N4O. The SMILES string of the molecule is CN(C)Cc1ccc(/C=N\Nc2ccc(C=Cc3cnco3)cc2)cc1. The number of benzene rings is 2. The van der Waals surface area contributed by atoms with E-state index >= 15 is 0 Å². The van der Waals surface area contributed by atoms with Gasteiger partial charge in [-0.2, -0.15) is 5.10 Å². The molecule has 3 aromatic rings. The number of rotatable bonds is 7. The molecule has 3 rings (SSSR count). The molecule has 1 N–H and O–H groups in total. The lowest BCUT2D eigenvalue weighted by Crippen LogP contribution is -2.10. The van der Waals surface area contributed by atoms with Gasteiger partial charge in [0.2, 0.25) is 0 Å². The van der Waals surface area contributed by atoms with Crippen molar-refractivity contribution in [2.24, 2.45) is 5.10 Å². The van der Waals surface area contributed by atoms with Crippen LogP contribution < -0.4 is 5.43 Å². The monoisotopic (exact) mass is 346 g/mol. The molecule has 0 amide bonds. The molecule has 0 atom stereocenters. The highest BCUT2D eigenvalue weighted by Gasteiger charge is 1.95. The van der Waals surface area contributed by atoms with Crippen LogP contribution in [0.15, 0.2) is 70.6 Å². The maximum Gasteiger partial charge on any atom is 0.181 e. The van der Waals surface area contributed by atoms with Crippen LogP contribution in [0.1, 0.15) is 22.5 Å². The zero-order chi connectivity index (χ0) is 18.2. The van der Waals surface area contributed by atoms with E-state index in [-0.39, 0.29) is 0 Å². The van der Waals surface area contributed by atoms with Crippen LogP contribution in [-0.4, -0.2) is 30.2 Å². The van der Waals surface area contributed by atoms with Crippen LogP contribution in [0.3, 0.4) is 0 Å². The largest absolute Gasteiger partial charge is 0.444 e. The number of aromatic nitrogens is 1. The van der Waals surface area contributed by atoms with Crippen LogP contribution in [-0.2, 0) is 6.54 Å². The fourth-order valence-corrected chi connectivity index (χ4v) is 2.41. The first kappa shape index (κ1) is 17.6. The summed E-state index contributed by atoms with van der Waals surface area (Å²) in [6.45, 7) is 0.937. The van der Waals surface area contributed by atoms with Crippen molar-refractivity contribution < 1.29 is 4.42 Å². The molecule has 26 heavy (non-hydrogen) atoms. The maximum absolute atomic E-state index is 5.17. The number of oxazole rings is 1. The third-order valence-electron chi connectivity index (χ3n) is 3.69. The Balaban J connectivity index is 1.53. The zero-order valence-electron chi connectivity index (χ0n) is 15.0. The second kappa shape index (κ2) is 8.78. The normalized spacial score (nSPS) is 11.7. The Kier molecular flexibility index (Phi) is 5.96. The average Bonchev–Trinajstić information content (AvgIpc) is 3.16. The molecule has 0 fully saturated rings. The van der Waals surface area contributed by atoms with Crippen molar-refractivity contribution in [3.05, 3.63) is 83.6 Å². The summed E-state index contributed by atoms with van der Waals surface area (Å²) >= 11 is 0. The van der Waals surface area contributed by atoms with Gasteiger partial charge in [-0.15, -0.1) is 0 Å². The highest BCUT2D eigenvalue weighted by atomic mass is 16.3. The van der Waals surface area contributed by atoms with Gasteiger partial charge in [0.1, 0.15) is 5.76 Å². The lowest BCUT2D eigenvalue weighted by molar-refractivity contribution is 0.402. The van der Waals surface area contributed by atoms with Crippen LogP contribution in [0.5, 0.6) is 0 Å². The molecule has 1 aromatic heterocycles. The number of nitrogens with zero attached hydrogens (tertiary/aromatic N) is 3. The second-order valence-corrected chi connectivity index (χ2v) is 6.21. The average molecular weight is 346 g/mol. The van der Waals surface area contributed by atoms with E-state index in [2.05, 4.69) is 58.8 Å². The van der Waals surface area contributed by atoms with Gasteiger partial charge in [0, 0.05) is 6.54 Å². The van der Waals surface area contributed by atoms with E-state index in [1.807, 2.05) is 42.6 Å². The van der Waals surface area contributed by atoms with Crippen molar-refractivity contribution in [1.82, 2.24) is 9.88 Å². The van der Waals surface area contributed by atoms with Crippen molar-refractivity contribution in [2.75, 3.05) is 19.5 Å². The van der Waals surface area contributed by atoms with E-state index in [1.165, 1.54) is 12.0 Å². The predicted molar refractivity (Wildman–Crippen MR) is 107 cm³/mol. The Hall–Kier alpha value is -3.18. The number of hydrogen-bond donors (Lipinski definition) is 1. The first-order chi connectivity index (χ1) is 12.7. The summed E-state index contributed by atoms with van der Waals surface area (Å²) in [4.78, 5) is 6.03. The van der Waals surface area contributed by atoms with Gasteiger partial charge in [-0.25, -0.2) is 4.98 Å². The van der Waals surface area contributed by atoms with Gasteiger partial charge in [0.05, 0.1) is 18.1 Å². The van der Waals surface area contributed by atoms with Crippen LogP contribution in [0.25, 0.3) is 12.2 Å². The minimum Gasteiger partial charge on any atom is -0.444 e. The molecule has 0 aliphatic heterocycles. The highest BCUT2D eigenvalue weighted by molar-refractivity contribution is 5.80. The van der Waals surface area contributed by atoms with Crippen molar-refractivity contribution >= 4 is 24.1 Å². The van der Waals surface area contributed by atoms with E-state index in [0.29, 0.717) is 0 Å². The third kappa shape index (κ3) is 5.43. The van der Waals surface area contributed by atoms with Gasteiger partial charge in [-0.1, -0.05) is 42.5 Å². The summed E-state index contributed by atoms with van der Waals surface area (Å²) in [6.07, 6.45) is 8.77. The summed E-state index contributed by atoms with van der Waals surface area (Å²) < 4.78 is 5.17. The Morgan fingerprint density at radius 1 is 1.00 bits per heavy atom. The van der Waals surface area contributed by atoms with E-state index < -0.39 is 0 Å². The zero-order valence-corrected chi connectivity index (χ0v) is 15.0. The van der Waals surface area contributed by atoms with Crippen molar-refractivity contribution in [1.29, 1.82) is 0 Å². The Labute approximate surface area is 153 Å². The summed E-state index contributed by atoms with van der Waals surface area (Å²) in [7, 11) is 4.13. The van der Waals surface area contributed by atoms with E-state index in [4.69, 9.17) is 4.42 Å². The summed E-state index contributed by atoms with van der Waals surface area (Å²) in [5.74, 6) is 0.730. The smallest absolute Gasteiger partial charge is 0.181 e. The minimum atomic E-state index is 0.730. The molecule has 5 heteroatoms. The molecule has 0 spiro atoms. The maximum atomic E-state index is 5.17. The first-order valence-corrected chi connectivity index (χ1v) is 8.38. The lowest BCUT2D eigenvalue weighted by atomic mass is 10.1. The van der Waals surface area contributed by atoms with E-state index in [1.54, 1.807) is 6.20 Å².